The lowest BCUT2D eigenvalue weighted by molar-refractivity contribution is 0.140. The van der Waals surface area contributed by atoms with Crippen LogP contribution in [0.5, 0.6) is 5.75 Å². The summed E-state index contributed by atoms with van der Waals surface area (Å²) in [6, 6.07) is 6.32. The topological polar surface area (TPSA) is 58.1 Å². The van der Waals surface area contributed by atoms with Crippen molar-refractivity contribution in [1.82, 2.24) is 15.5 Å². The molecule has 0 aromatic heterocycles. The molecule has 0 amide bonds. The average Bonchev–Trinajstić information content (AvgIpc) is 3.10. The van der Waals surface area contributed by atoms with E-state index in [2.05, 4.69) is 61.7 Å². The smallest absolute Gasteiger partial charge is 0.191 e. The normalized spacial score (nSPS) is 16.9. The molecule has 0 radical (unpaired) electrons. The van der Waals surface area contributed by atoms with Crippen LogP contribution >= 0.6 is 24.0 Å². The molecule has 0 saturated carbocycles. The van der Waals surface area contributed by atoms with E-state index in [0.29, 0.717) is 13.2 Å². The SMILES string of the molecule is CCNC(=NCc1ccc(C)cc1OC1CCOC1)NCCCN(C)C.I. The van der Waals surface area contributed by atoms with E-state index >= 15 is 0 Å². The Labute approximate surface area is 181 Å². The van der Waals surface area contributed by atoms with Gasteiger partial charge in [-0.1, -0.05) is 12.1 Å². The van der Waals surface area contributed by atoms with Crippen LogP contribution in [-0.4, -0.2) is 63.9 Å². The highest BCUT2D eigenvalue weighted by Gasteiger charge is 2.18. The van der Waals surface area contributed by atoms with Crippen molar-refractivity contribution in [2.24, 2.45) is 4.99 Å². The second kappa shape index (κ2) is 13.2. The predicted molar refractivity (Wildman–Crippen MR) is 122 cm³/mol. The molecule has 1 atom stereocenters. The summed E-state index contributed by atoms with van der Waals surface area (Å²) >= 11 is 0. The quantitative estimate of drug-likeness (QED) is 0.241. The van der Waals surface area contributed by atoms with Crippen LogP contribution in [0.25, 0.3) is 0 Å². The Hall–Kier alpha value is -1.06. The number of hydrogen-bond acceptors (Lipinski definition) is 4. The molecule has 2 rings (SSSR count). The second-order valence-corrected chi connectivity index (χ2v) is 6.99. The number of rotatable bonds is 9. The number of nitrogens with zero attached hydrogens (tertiary/aromatic N) is 2. The van der Waals surface area contributed by atoms with E-state index < -0.39 is 0 Å². The lowest BCUT2D eigenvalue weighted by Crippen LogP contribution is -2.38. The van der Waals surface area contributed by atoms with E-state index in [-0.39, 0.29) is 30.1 Å². The van der Waals surface area contributed by atoms with Gasteiger partial charge in [0.15, 0.2) is 5.96 Å². The highest BCUT2D eigenvalue weighted by molar-refractivity contribution is 14.0. The number of aryl methyl sites for hydroxylation is 1. The number of aliphatic imine (C=N–C) groups is 1. The van der Waals surface area contributed by atoms with Crippen LogP contribution in [-0.2, 0) is 11.3 Å². The third-order valence-electron chi connectivity index (χ3n) is 4.23. The molecule has 0 spiro atoms. The minimum atomic E-state index is 0. The molecule has 1 aromatic carbocycles. The minimum Gasteiger partial charge on any atom is -0.488 e. The molecule has 1 saturated heterocycles. The zero-order valence-electron chi connectivity index (χ0n) is 17.1. The predicted octanol–water partition coefficient (Wildman–Crippen LogP) is 2.79. The van der Waals surface area contributed by atoms with Crippen molar-refractivity contribution in [3.05, 3.63) is 29.3 Å². The molecule has 6 nitrogen and oxygen atoms in total. The lowest BCUT2D eigenvalue weighted by Gasteiger charge is -2.16. The van der Waals surface area contributed by atoms with Crippen molar-refractivity contribution in [3.63, 3.8) is 0 Å². The standard InChI is InChI=1S/C20H34N4O2.HI/c1-5-21-20(22-10-6-11-24(3)4)23-14-17-8-7-16(2)13-19(17)26-18-9-12-25-15-18;/h7-8,13,18H,5-6,9-12,14-15H2,1-4H3,(H2,21,22,23);1H. The van der Waals surface area contributed by atoms with Crippen molar-refractivity contribution in [3.8, 4) is 5.75 Å². The Morgan fingerprint density at radius 2 is 2.15 bits per heavy atom. The fraction of sp³-hybridized carbons (Fsp3) is 0.650. The molecular weight excluding hydrogens is 455 g/mol. The summed E-state index contributed by atoms with van der Waals surface area (Å²) in [5.74, 6) is 1.77. The van der Waals surface area contributed by atoms with Gasteiger partial charge in [0, 0.05) is 25.1 Å². The van der Waals surface area contributed by atoms with Gasteiger partial charge in [-0.25, -0.2) is 4.99 Å². The molecule has 1 heterocycles. The zero-order valence-corrected chi connectivity index (χ0v) is 19.4. The summed E-state index contributed by atoms with van der Waals surface area (Å²) in [6.45, 7) is 9.02. The van der Waals surface area contributed by atoms with Crippen molar-refractivity contribution in [2.45, 2.75) is 39.3 Å². The van der Waals surface area contributed by atoms with Gasteiger partial charge >= 0.3 is 0 Å². The molecule has 154 valence electrons. The highest BCUT2D eigenvalue weighted by Crippen LogP contribution is 2.24. The maximum absolute atomic E-state index is 6.16. The number of ether oxygens (including phenoxy) is 2. The molecule has 1 unspecified atom stereocenters. The van der Waals surface area contributed by atoms with Gasteiger partial charge in [-0.15, -0.1) is 24.0 Å². The first kappa shape index (κ1) is 24.0. The van der Waals surface area contributed by atoms with Crippen LogP contribution in [0, 0.1) is 6.92 Å². The first-order valence-corrected chi connectivity index (χ1v) is 9.59. The third-order valence-corrected chi connectivity index (χ3v) is 4.23. The first-order chi connectivity index (χ1) is 12.6. The maximum atomic E-state index is 6.16. The molecule has 27 heavy (non-hydrogen) atoms. The van der Waals surface area contributed by atoms with Crippen molar-refractivity contribution in [2.75, 3.05) is 46.9 Å². The fourth-order valence-electron chi connectivity index (χ4n) is 2.80. The lowest BCUT2D eigenvalue weighted by atomic mass is 10.1. The van der Waals surface area contributed by atoms with E-state index in [1.165, 1.54) is 5.56 Å². The van der Waals surface area contributed by atoms with Crippen LogP contribution < -0.4 is 15.4 Å². The Morgan fingerprint density at radius 3 is 2.81 bits per heavy atom. The van der Waals surface area contributed by atoms with E-state index in [4.69, 9.17) is 14.5 Å². The summed E-state index contributed by atoms with van der Waals surface area (Å²) in [5.41, 5.74) is 2.30. The fourth-order valence-corrected chi connectivity index (χ4v) is 2.80. The summed E-state index contributed by atoms with van der Waals surface area (Å²) in [7, 11) is 4.18. The number of hydrogen-bond donors (Lipinski definition) is 2. The molecule has 0 bridgehead atoms. The van der Waals surface area contributed by atoms with Crippen molar-refractivity contribution in [1.29, 1.82) is 0 Å². The molecule has 1 aliphatic heterocycles. The molecule has 1 aliphatic rings. The zero-order chi connectivity index (χ0) is 18.8. The minimum absolute atomic E-state index is 0. The van der Waals surface area contributed by atoms with Gasteiger partial charge < -0.3 is 25.0 Å². The third kappa shape index (κ3) is 9.12. The summed E-state index contributed by atoms with van der Waals surface area (Å²) in [4.78, 5) is 6.92. The maximum Gasteiger partial charge on any atom is 0.191 e. The van der Waals surface area contributed by atoms with Gasteiger partial charge in [0.2, 0.25) is 0 Å². The number of halogens is 1. The average molecular weight is 490 g/mol. The van der Waals surface area contributed by atoms with Crippen LogP contribution in [0.1, 0.15) is 30.9 Å². The van der Waals surface area contributed by atoms with Crippen LogP contribution in [0.3, 0.4) is 0 Å². The highest BCUT2D eigenvalue weighted by atomic mass is 127. The molecule has 0 aliphatic carbocycles. The number of guanidine groups is 1. The van der Waals surface area contributed by atoms with Gasteiger partial charge in [0.25, 0.3) is 0 Å². The molecule has 1 aromatic rings. The Bertz CT molecular complexity index is 575. The van der Waals surface area contributed by atoms with Crippen molar-refractivity contribution >= 4 is 29.9 Å². The largest absolute Gasteiger partial charge is 0.488 e. The second-order valence-electron chi connectivity index (χ2n) is 6.99. The van der Waals surface area contributed by atoms with E-state index in [1.54, 1.807) is 0 Å². The monoisotopic (exact) mass is 490 g/mol. The summed E-state index contributed by atoms with van der Waals surface area (Å²) < 4.78 is 11.6. The first-order valence-electron chi connectivity index (χ1n) is 9.59. The van der Waals surface area contributed by atoms with Gasteiger partial charge in [-0.3, -0.25) is 0 Å². The van der Waals surface area contributed by atoms with Gasteiger partial charge in [-0.2, -0.15) is 0 Å². The van der Waals surface area contributed by atoms with Crippen LogP contribution in [0.2, 0.25) is 0 Å². The van der Waals surface area contributed by atoms with Gasteiger partial charge in [-0.05, 0) is 52.5 Å². The number of benzene rings is 1. The van der Waals surface area contributed by atoms with Crippen LogP contribution in [0.4, 0.5) is 0 Å². The van der Waals surface area contributed by atoms with Gasteiger partial charge in [0.1, 0.15) is 11.9 Å². The number of nitrogens with one attached hydrogen (secondary N) is 2. The molecule has 1 fully saturated rings. The Kier molecular flexibility index (Phi) is 11.7. The van der Waals surface area contributed by atoms with E-state index in [1.807, 2.05) is 0 Å². The molecule has 7 heteroatoms. The van der Waals surface area contributed by atoms with Crippen LogP contribution in [0.15, 0.2) is 23.2 Å². The summed E-state index contributed by atoms with van der Waals surface area (Å²) in [6.07, 6.45) is 2.18. The van der Waals surface area contributed by atoms with Gasteiger partial charge in [0.05, 0.1) is 19.8 Å². The summed E-state index contributed by atoms with van der Waals surface area (Å²) in [5, 5.41) is 6.71. The van der Waals surface area contributed by atoms with E-state index in [9.17, 15) is 0 Å². The Balaban J connectivity index is 0.00000364. The molecule has 2 N–H and O–H groups in total. The Morgan fingerprint density at radius 1 is 1.33 bits per heavy atom. The van der Waals surface area contributed by atoms with Crippen molar-refractivity contribution < 1.29 is 9.47 Å². The molecular formula is C20H35IN4O2. The van der Waals surface area contributed by atoms with E-state index in [0.717, 1.165) is 56.4 Å².